The van der Waals surface area contributed by atoms with Crippen LogP contribution in [0.5, 0.6) is 0 Å². The number of carbonyl (C=O) groups excluding carboxylic acids is 1. The standard InChI is InChI=1S/C13H19F3O2.C3H8/c1-11(2,3)18-10(17)12(13(14,15)16)7-8-4-5-9(12)6-8;1-3-2/h8-9H,4-7H2,1-3H3;3H2,1-2H3. The quantitative estimate of drug-likeness (QED) is 0.629. The van der Waals surface area contributed by atoms with E-state index in [1.54, 1.807) is 20.8 Å². The Morgan fingerprint density at radius 1 is 1.19 bits per heavy atom. The van der Waals surface area contributed by atoms with Crippen LogP contribution in [-0.4, -0.2) is 17.7 Å². The van der Waals surface area contributed by atoms with E-state index in [-0.39, 0.29) is 12.3 Å². The van der Waals surface area contributed by atoms with Crippen molar-refractivity contribution >= 4 is 5.97 Å². The van der Waals surface area contributed by atoms with Gasteiger partial charge in [0.05, 0.1) is 0 Å². The molecule has 3 atom stereocenters. The number of ether oxygens (including phenoxy) is 1. The number of fused-ring (bicyclic) bond motifs is 2. The second-order valence-corrected chi connectivity index (χ2v) is 7.26. The van der Waals surface area contributed by atoms with Gasteiger partial charge in [-0.15, -0.1) is 0 Å². The molecule has 124 valence electrons. The van der Waals surface area contributed by atoms with Gasteiger partial charge in [-0.25, -0.2) is 0 Å². The lowest BCUT2D eigenvalue weighted by atomic mass is 9.72. The van der Waals surface area contributed by atoms with Crippen LogP contribution >= 0.6 is 0 Å². The summed E-state index contributed by atoms with van der Waals surface area (Å²) in [5, 5.41) is 0. The van der Waals surface area contributed by atoms with Crippen molar-refractivity contribution < 1.29 is 22.7 Å². The molecular weight excluding hydrogens is 281 g/mol. The normalized spacial score (nSPS) is 31.6. The van der Waals surface area contributed by atoms with Crippen molar-refractivity contribution in [3.8, 4) is 0 Å². The van der Waals surface area contributed by atoms with Crippen molar-refractivity contribution in [2.45, 2.75) is 78.5 Å². The largest absolute Gasteiger partial charge is 0.459 e. The Labute approximate surface area is 125 Å². The molecule has 2 aliphatic rings. The summed E-state index contributed by atoms with van der Waals surface area (Å²) in [6, 6.07) is 0. The average Bonchev–Trinajstić information content (AvgIpc) is 2.86. The van der Waals surface area contributed by atoms with Crippen LogP contribution in [0.3, 0.4) is 0 Å². The maximum atomic E-state index is 13.4. The number of alkyl halides is 3. The fraction of sp³-hybridized carbons (Fsp3) is 0.938. The number of carbonyl (C=O) groups is 1. The Balaban J connectivity index is 0.000000677. The Kier molecular flexibility index (Phi) is 5.38. The van der Waals surface area contributed by atoms with Gasteiger partial charge < -0.3 is 4.74 Å². The van der Waals surface area contributed by atoms with Gasteiger partial charge in [0.25, 0.3) is 0 Å². The van der Waals surface area contributed by atoms with Crippen LogP contribution in [0, 0.1) is 17.3 Å². The first-order valence-electron chi connectivity index (χ1n) is 7.78. The molecule has 0 amide bonds. The number of hydrogen-bond donors (Lipinski definition) is 0. The molecule has 0 aromatic rings. The van der Waals surface area contributed by atoms with Crippen molar-refractivity contribution in [2.24, 2.45) is 17.3 Å². The minimum absolute atomic E-state index is 0.0316. The maximum absolute atomic E-state index is 13.4. The number of rotatable bonds is 1. The van der Waals surface area contributed by atoms with Crippen molar-refractivity contribution in [3.05, 3.63) is 0 Å². The maximum Gasteiger partial charge on any atom is 0.405 e. The van der Waals surface area contributed by atoms with Crippen LogP contribution in [0.25, 0.3) is 0 Å². The zero-order valence-corrected chi connectivity index (χ0v) is 13.6. The van der Waals surface area contributed by atoms with Gasteiger partial charge in [-0.3, -0.25) is 4.79 Å². The third kappa shape index (κ3) is 3.72. The molecule has 0 N–H and O–H groups in total. The van der Waals surface area contributed by atoms with Gasteiger partial charge in [0, 0.05) is 0 Å². The molecule has 0 radical (unpaired) electrons. The van der Waals surface area contributed by atoms with Crippen LogP contribution in [0.2, 0.25) is 0 Å². The predicted molar refractivity (Wildman–Crippen MR) is 75.7 cm³/mol. The summed E-state index contributed by atoms with van der Waals surface area (Å²) in [5.74, 6) is -1.63. The summed E-state index contributed by atoms with van der Waals surface area (Å²) in [6.07, 6.45) is -1.53. The molecule has 0 heterocycles. The van der Waals surface area contributed by atoms with E-state index in [4.69, 9.17) is 4.74 Å². The smallest absolute Gasteiger partial charge is 0.405 e. The van der Waals surface area contributed by atoms with E-state index in [2.05, 4.69) is 13.8 Å². The first-order valence-corrected chi connectivity index (χ1v) is 7.78. The Morgan fingerprint density at radius 2 is 1.71 bits per heavy atom. The van der Waals surface area contributed by atoms with Crippen molar-refractivity contribution in [1.29, 1.82) is 0 Å². The summed E-state index contributed by atoms with van der Waals surface area (Å²) >= 11 is 0. The van der Waals surface area contributed by atoms with Gasteiger partial charge in [-0.2, -0.15) is 13.2 Å². The zero-order chi connectivity index (χ0) is 16.5. The highest BCUT2D eigenvalue weighted by atomic mass is 19.4. The highest BCUT2D eigenvalue weighted by molar-refractivity contribution is 5.79. The molecular formula is C16H27F3O2. The minimum atomic E-state index is -4.50. The predicted octanol–water partition coefficient (Wildman–Crippen LogP) is 5.11. The van der Waals surface area contributed by atoms with E-state index in [0.29, 0.717) is 12.8 Å². The van der Waals surface area contributed by atoms with E-state index in [1.165, 1.54) is 6.42 Å². The van der Waals surface area contributed by atoms with Gasteiger partial charge in [0.2, 0.25) is 0 Å². The lowest BCUT2D eigenvalue weighted by Crippen LogP contribution is -2.51. The van der Waals surface area contributed by atoms with E-state index >= 15 is 0 Å². The third-order valence-electron chi connectivity index (χ3n) is 4.12. The average molecular weight is 308 g/mol. The molecule has 2 rings (SSSR count). The van der Waals surface area contributed by atoms with Crippen molar-refractivity contribution in [1.82, 2.24) is 0 Å². The van der Waals surface area contributed by atoms with E-state index in [0.717, 1.165) is 6.42 Å². The summed E-state index contributed by atoms with van der Waals surface area (Å²) in [7, 11) is 0. The second-order valence-electron chi connectivity index (χ2n) is 7.26. The Morgan fingerprint density at radius 3 is 2.00 bits per heavy atom. The molecule has 0 spiro atoms. The first-order chi connectivity index (χ1) is 9.48. The van der Waals surface area contributed by atoms with Gasteiger partial charge in [0.1, 0.15) is 5.60 Å². The molecule has 2 fully saturated rings. The molecule has 0 aliphatic heterocycles. The molecule has 0 aromatic carbocycles. The first kappa shape index (κ1) is 18.3. The lowest BCUT2D eigenvalue weighted by molar-refractivity contribution is -0.252. The molecule has 0 saturated heterocycles. The van der Waals surface area contributed by atoms with E-state index in [9.17, 15) is 18.0 Å². The van der Waals surface area contributed by atoms with Gasteiger partial charge in [-0.05, 0) is 51.9 Å². The molecule has 2 saturated carbocycles. The molecule has 21 heavy (non-hydrogen) atoms. The Bertz CT molecular complexity index is 371. The van der Waals surface area contributed by atoms with Crippen LogP contribution in [-0.2, 0) is 9.53 Å². The van der Waals surface area contributed by atoms with Crippen LogP contribution < -0.4 is 0 Å². The van der Waals surface area contributed by atoms with Crippen LogP contribution in [0.1, 0.15) is 66.7 Å². The minimum Gasteiger partial charge on any atom is -0.459 e. The zero-order valence-electron chi connectivity index (χ0n) is 13.6. The summed E-state index contributed by atoms with van der Waals surface area (Å²) in [5.41, 5.74) is -3.12. The summed E-state index contributed by atoms with van der Waals surface area (Å²) in [4.78, 5) is 12.1. The number of halogens is 3. The van der Waals surface area contributed by atoms with E-state index in [1.807, 2.05) is 0 Å². The van der Waals surface area contributed by atoms with Crippen LogP contribution in [0.4, 0.5) is 13.2 Å². The highest BCUT2D eigenvalue weighted by Gasteiger charge is 2.70. The van der Waals surface area contributed by atoms with Gasteiger partial charge >= 0.3 is 12.1 Å². The van der Waals surface area contributed by atoms with Gasteiger partial charge in [-0.1, -0.05) is 26.7 Å². The fourth-order valence-electron chi connectivity index (χ4n) is 3.41. The topological polar surface area (TPSA) is 26.3 Å². The Hall–Kier alpha value is -0.740. The molecule has 3 unspecified atom stereocenters. The van der Waals surface area contributed by atoms with E-state index < -0.39 is 29.1 Å². The van der Waals surface area contributed by atoms with Crippen LogP contribution in [0.15, 0.2) is 0 Å². The highest BCUT2D eigenvalue weighted by Crippen LogP contribution is 2.63. The lowest BCUT2D eigenvalue weighted by Gasteiger charge is -2.38. The third-order valence-corrected chi connectivity index (χ3v) is 4.12. The van der Waals surface area contributed by atoms with Crippen molar-refractivity contribution in [2.75, 3.05) is 0 Å². The molecule has 2 aliphatic carbocycles. The SMILES string of the molecule is CC(C)(C)OC(=O)C1(C(F)(F)F)CC2CCC1C2.CCC. The second kappa shape index (κ2) is 6.17. The van der Waals surface area contributed by atoms with Gasteiger partial charge in [0.15, 0.2) is 5.41 Å². The molecule has 2 nitrogen and oxygen atoms in total. The molecule has 5 heteroatoms. The summed E-state index contributed by atoms with van der Waals surface area (Å²) in [6.45, 7) is 9.05. The fourth-order valence-corrected chi connectivity index (χ4v) is 3.41. The summed E-state index contributed by atoms with van der Waals surface area (Å²) < 4.78 is 45.2. The van der Waals surface area contributed by atoms with Crippen molar-refractivity contribution in [3.63, 3.8) is 0 Å². The monoisotopic (exact) mass is 308 g/mol. The number of esters is 1. The number of hydrogen-bond acceptors (Lipinski definition) is 2. The molecule has 0 aromatic heterocycles. The molecule has 2 bridgehead atoms.